The normalized spacial score (nSPS) is 26.1. The second kappa shape index (κ2) is 4.12. The lowest BCUT2D eigenvalue weighted by atomic mass is 9.91. The maximum absolute atomic E-state index is 11.4. The Kier molecular flexibility index (Phi) is 2.89. The van der Waals surface area contributed by atoms with Gasteiger partial charge in [0.05, 0.1) is 5.92 Å². The molecule has 4 nitrogen and oxygen atoms in total. The zero-order valence-electron chi connectivity index (χ0n) is 10.4. The molecule has 2 N–H and O–H groups in total. The number of hydrogen-bond acceptors (Lipinski definition) is 2. The third kappa shape index (κ3) is 1.78. The van der Waals surface area contributed by atoms with Crippen LogP contribution in [0, 0.1) is 5.92 Å². The lowest BCUT2D eigenvalue weighted by Gasteiger charge is -2.13. The third-order valence-electron chi connectivity index (χ3n) is 3.73. The summed E-state index contributed by atoms with van der Waals surface area (Å²) in [7, 11) is 0. The van der Waals surface area contributed by atoms with Crippen LogP contribution < -0.4 is 0 Å². The van der Waals surface area contributed by atoms with Gasteiger partial charge in [-0.3, -0.25) is 9.59 Å². The van der Waals surface area contributed by atoms with Gasteiger partial charge in [0, 0.05) is 0 Å². The maximum atomic E-state index is 11.4. The molecule has 0 amide bonds. The van der Waals surface area contributed by atoms with Gasteiger partial charge in [-0.05, 0) is 23.5 Å². The summed E-state index contributed by atoms with van der Waals surface area (Å²) in [5.41, 5.74) is 0.486. The molecule has 0 aliphatic heterocycles. The summed E-state index contributed by atoms with van der Waals surface area (Å²) in [4.78, 5) is 22.3. The molecule has 2 atom stereocenters. The Morgan fingerprint density at radius 1 is 1.22 bits per heavy atom. The summed E-state index contributed by atoms with van der Waals surface area (Å²) in [6.45, 7) is 4.11. The average Bonchev–Trinajstić information content (AvgIpc) is 3.05. The van der Waals surface area contributed by atoms with Crippen LogP contribution in [0.5, 0.6) is 0 Å². The fraction of sp³-hybridized carbons (Fsp3) is 0.429. The van der Waals surface area contributed by atoms with E-state index in [4.69, 9.17) is 5.11 Å². The van der Waals surface area contributed by atoms with Crippen molar-refractivity contribution < 1.29 is 19.8 Å². The molecule has 4 heteroatoms. The van der Waals surface area contributed by atoms with Crippen molar-refractivity contribution in [1.82, 2.24) is 0 Å². The number of hydrogen-bond donors (Lipinski definition) is 2. The van der Waals surface area contributed by atoms with Crippen molar-refractivity contribution in [1.29, 1.82) is 0 Å². The van der Waals surface area contributed by atoms with E-state index in [0.717, 1.165) is 5.56 Å². The van der Waals surface area contributed by atoms with Crippen LogP contribution in [-0.2, 0) is 15.0 Å². The molecular formula is C14H16O4. The van der Waals surface area contributed by atoms with Crippen molar-refractivity contribution in [3.8, 4) is 0 Å². The van der Waals surface area contributed by atoms with Crippen LogP contribution in [0.4, 0.5) is 0 Å². The lowest BCUT2D eigenvalue weighted by molar-refractivity contribution is -0.145. The Bertz CT molecular complexity index is 489. The third-order valence-corrected chi connectivity index (χ3v) is 3.73. The Morgan fingerprint density at radius 2 is 1.78 bits per heavy atom. The molecule has 0 heterocycles. The van der Waals surface area contributed by atoms with E-state index < -0.39 is 23.3 Å². The number of aliphatic carboxylic acids is 2. The standard InChI is InChI=1S/C14H16O4/c1-8(2)9-3-5-10(6-4-9)14(13(17)18)7-11(14)12(15)16/h3-6,8,11H,7H2,1-2H3,(H,15,16)(H,17,18). The van der Waals surface area contributed by atoms with Crippen LogP contribution in [-0.4, -0.2) is 22.2 Å². The SMILES string of the molecule is CC(C)c1ccc(C2(C(=O)O)CC2C(=O)O)cc1. The maximum Gasteiger partial charge on any atom is 0.315 e. The van der Waals surface area contributed by atoms with Gasteiger partial charge in [-0.2, -0.15) is 0 Å². The molecule has 0 radical (unpaired) electrons. The van der Waals surface area contributed by atoms with Crippen LogP contribution >= 0.6 is 0 Å². The van der Waals surface area contributed by atoms with Crippen LogP contribution in [0.15, 0.2) is 24.3 Å². The van der Waals surface area contributed by atoms with Crippen LogP contribution in [0.3, 0.4) is 0 Å². The zero-order valence-corrected chi connectivity index (χ0v) is 10.4. The summed E-state index contributed by atoms with van der Waals surface area (Å²) in [5, 5.41) is 18.3. The van der Waals surface area contributed by atoms with E-state index in [-0.39, 0.29) is 6.42 Å². The predicted molar refractivity (Wildman–Crippen MR) is 65.6 cm³/mol. The van der Waals surface area contributed by atoms with Gasteiger partial charge >= 0.3 is 11.9 Å². The van der Waals surface area contributed by atoms with E-state index in [9.17, 15) is 14.7 Å². The van der Waals surface area contributed by atoms with Gasteiger partial charge in [0.15, 0.2) is 0 Å². The first-order valence-electron chi connectivity index (χ1n) is 5.96. The van der Waals surface area contributed by atoms with Crippen molar-refractivity contribution in [3.63, 3.8) is 0 Å². The van der Waals surface area contributed by atoms with E-state index in [0.29, 0.717) is 11.5 Å². The van der Waals surface area contributed by atoms with Crippen LogP contribution in [0.1, 0.15) is 37.3 Å². The molecule has 18 heavy (non-hydrogen) atoms. The molecule has 96 valence electrons. The quantitative estimate of drug-likeness (QED) is 0.856. The minimum atomic E-state index is -1.22. The van der Waals surface area contributed by atoms with Crippen molar-refractivity contribution in [2.45, 2.75) is 31.6 Å². The topological polar surface area (TPSA) is 74.6 Å². The monoisotopic (exact) mass is 248 g/mol. The molecule has 1 aromatic rings. The highest BCUT2D eigenvalue weighted by molar-refractivity contribution is 5.94. The predicted octanol–water partition coefficient (Wildman–Crippen LogP) is 2.24. The molecule has 1 aliphatic carbocycles. The number of carboxylic acid groups (broad SMARTS) is 2. The first kappa shape index (κ1) is 12.6. The number of carbonyl (C=O) groups is 2. The van der Waals surface area contributed by atoms with Crippen molar-refractivity contribution in [2.75, 3.05) is 0 Å². The highest BCUT2D eigenvalue weighted by Crippen LogP contribution is 2.54. The molecular weight excluding hydrogens is 232 g/mol. The number of rotatable bonds is 4. The van der Waals surface area contributed by atoms with Crippen molar-refractivity contribution in [3.05, 3.63) is 35.4 Å². The number of benzene rings is 1. The molecule has 2 unspecified atom stereocenters. The van der Waals surface area contributed by atoms with Gasteiger partial charge in [-0.25, -0.2) is 0 Å². The minimum Gasteiger partial charge on any atom is -0.481 e. The molecule has 1 fully saturated rings. The molecule has 0 bridgehead atoms. The number of carboxylic acids is 2. The second-order valence-corrected chi connectivity index (χ2v) is 5.15. The Hall–Kier alpha value is -1.84. The molecule has 0 saturated heterocycles. The summed E-state index contributed by atoms with van der Waals surface area (Å²) in [6.07, 6.45) is 0.179. The van der Waals surface area contributed by atoms with Gasteiger partial charge in [-0.15, -0.1) is 0 Å². The molecule has 1 aromatic carbocycles. The van der Waals surface area contributed by atoms with Gasteiger partial charge in [-0.1, -0.05) is 38.1 Å². The summed E-state index contributed by atoms with van der Waals surface area (Å²) < 4.78 is 0. The van der Waals surface area contributed by atoms with Crippen molar-refractivity contribution >= 4 is 11.9 Å². The Morgan fingerprint density at radius 3 is 2.11 bits per heavy atom. The van der Waals surface area contributed by atoms with E-state index in [1.54, 1.807) is 12.1 Å². The fourth-order valence-electron chi connectivity index (χ4n) is 2.41. The highest BCUT2D eigenvalue weighted by Gasteiger charge is 2.65. The fourth-order valence-corrected chi connectivity index (χ4v) is 2.41. The van der Waals surface area contributed by atoms with E-state index in [1.165, 1.54) is 0 Å². The average molecular weight is 248 g/mol. The van der Waals surface area contributed by atoms with Gasteiger partial charge < -0.3 is 10.2 Å². The Balaban J connectivity index is 2.35. The first-order chi connectivity index (χ1) is 8.39. The van der Waals surface area contributed by atoms with E-state index in [2.05, 4.69) is 13.8 Å². The molecule has 1 aliphatic rings. The van der Waals surface area contributed by atoms with Crippen molar-refractivity contribution in [2.24, 2.45) is 5.92 Å². The Labute approximate surface area is 105 Å². The summed E-state index contributed by atoms with van der Waals surface area (Å²) in [5.74, 6) is -2.52. The second-order valence-electron chi connectivity index (χ2n) is 5.15. The zero-order chi connectivity index (χ0) is 13.5. The van der Waals surface area contributed by atoms with E-state index >= 15 is 0 Å². The van der Waals surface area contributed by atoms with Gasteiger partial charge in [0.2, 0.25) is 0 Å². The van der Waals surface area contributed by atoms with Crippen LogP contribution in [0.2, 0.25) is 0 Å². The summed E-state index contributed by atoms with van der Waals surface area (Å²) in [6, 6.07) is 7.24. The largest absolute Gasteiger partial charge is 0.481 e. The molecule has 2 rings (SSSR count). The van der Waals surface area contributed by atoms with Gasteiger partial charge in [0.25, 0.3) is 0 Å². The smallest absolute Gasteiger partial charge is 0.315 e. The first-order valence-corrected chi connectivity index (χ1v) is 5.96. The molecule has 0 aromatic heterocycles. The highest BCUT2D eigenvalue weighted by atomic mass is 16.4. The van der Waals surface area contributed by atoms with Gasteiger partial charge in [0.1, 0.15) is 5.41 Å². The minimum absolute atomic E-state index is 0.179. The molecule has 0 spiro atoms. The van der Waals surface area contributed by atoms with Crippen LogP contribution in [0.25, 0.3) is 0 Å². The molecule has 1 saturated carbocycles. The lowest BCUT2D eigenvalue weighted by Crippen LogP contribution is -2.25. The van der Waals surface area contributed by atoms with E-state index in [1.807, 2.05) is 12.1 Å². The summed E-state index contributed by atoms with van der Waals surface area (Å²) >= 11 is 0.